The minimum atomic E-state index is 1.01. The molecule has 0 amide bonds. The number of rotatable bonds is 1. The quantitative estimate of drug-likeness (QED) is 0.458. The maximum atomic E-state index is 6.44. The largest absolute Gasteiger partial charge is 0.456 e. The van der Waals surface area contributed by atoms with Crippen molar-refractivity contribution >= 4 is 16.7 Å². The van der Waals surface area contributed by atoms with Crippen LogP contribution < -0.4 is 14.8 Å². The van der Waals surface area contributed by atoms with Gasteiger partial charge < -0.3 is 9.32 Å². The van der Waals surface area contributed by atoms with Crippen LogP contribution in [0, 0.1) is 6.92 Å². The number of benzene rings is 2. The van der Waals surface area contributed by atoms with Gasteiger partial charge in [-0.2, -0.15) is 0 Å². The molecule has 3 aliphatic heterocycles. The molecule has 2 fully saturated rings. The Labute approximate surface area is 161 Å². The molecular weight excluding hydrogens is 332 g/mol. The van der Waals surface area contributed by atoms with Crippen molar-refractivity contribution in [2.45, 2.75) is 45.4 Å². The third-order valence-corrected chi connectivity index (χ3v) is 6.40. The Balaban J connectivity index is 1.64. The number of piperidine rings is 2. The first-order chi connectivity index (χ1) is 13.3. The number of hydrogen-bond donors (Lipinski definition) is 0. The number of nitrogens with zero attached hydrogens (tertiary/aromatic N) is 2. The Morgan fingerprint density at radius 3 is 2.44 bits per heavy atom. The Morgan fingerprint density at radius 2 is 1.63 bits per heavy atom. The van der Waals surface area contributed by atoms with Gasteiger partial charge in [0, 0.05) is 54.7 Å². The summed E-state index contributed by atoms with van der Waals surface area (Å²) in [4.78, 5) is 2.50. The lowest BCUT2D eigenvalue weighted by molar-refractivity contribution is 0.451. The van der Waals surface area contributed by atoms with Gasteiger partial charge in [0.15, 0.2) is 0 Å². The molecule has 0 aromatic heterocycles. The van der Waals surface area contributed by atoms with Crippen LogP contribution in [0.4, 0.5) is 5.69 Å². The van der Waals surface area contributed by atoms with Gasteiger partial charge in [-0.1, -0.05) is 0 Å². The van der Waals surface area contributed by atoms with E-state index < -0.39 is 0 Å². The van der Waals surface area contributed by atoms with E-state index in [2.05, 4.69) is 52.8 Å². The number of hydrogen-bond acceptors (Lipinski definition) is 2. The molecule has 27 heavy (non-hydrogen) atoms. The topological polar surface area (TPSA) is 19.4 Å². The summed E-state index contributed by atoms with van der Waals surface area (Å²) >= 11 is 0. The normalized spacial score (nSPS) is 18.4. The van der Waals surface area contributed by atoms with Gasteiger partial charge in [0.05, 0.1) is 6.07 Å². The van der Waals surface area contributed by atoms with E-state index in [1.807, 2.05) is 0 Å². The summed E-state index contributed by atoms with van der Waals surface area (Å²) in [6, 6.07) is 13.5. The van der Waals surface area contributed by atoms with Crippen molar-refractivity contribution in [2.75, 3.05) is 31.1 Å². The second-order valence-electron chi connectivity index (χ2n) is 8.18. The van der Waals surface area contributed by atoms with Crippen LogP contribution in [-0.2, 0) is 0 Å². The van der Waals surface area contributed by atoms with Crippen LogP contribution in [0.2, 0.25) is 0 Å². The van der Waals surface area contributed by atoms with E-state index >= 15 is 0 Å². The first-order valence-electron chi connectivity index (χ1n) is 10.6. The second-order valence-corrected chi connectivity index (χ2v) is 8.18. The minimum Gasteiger partial charge on any atom is -0.456 e. The molecule has 0 bridgehead atoms. The molecule has 0 unspecified atom stereocenters. The molecule has 4 aliphatic rings. The predicted octanol–water partition coefficient (Wildman–Crippen LogP) is 4.79. The van der Waals surface area contributed by atoms with Gasteiger partial charge in [0.25, 0.3) is 0 Å². The van der Waals surface area contributed by atoms with Crippen molar-refractivity contribution in [1.82, 2.24) is 4.58 Å². The van der Waals surface area contributed by atoms with Gasteiger partial charge in [0.1, 0.15) is 24.4 Å². The molecule has 2 saturated heterocycles. The van der Waals surface area contributed by atoms with E-state index in [0.29, 0.717) is 0 Å². The SMILES string of the molecule is Cc1c2ccc(=[N+]3CCCCC3)cc-2oc2cc(N3CCCCC3)ccc12. The number of anilines is 1. The highest BCUT2D eigenvalue weighted by atomic mass is 16.3. The maximum Gasteiger partial charge on any atom is 0.203 e. The van der Waals surface area contributed by atoms with Crippen molar-refractivity contribution in [2.24, 2.45) is 0 Å². The molecule has 3 nitrogen and oxygen atoms in total. The van der Waals surface area contributed by atoms with Gasteiger partial charge in [-0.15, -0.1) is 0 Å². The summed E-state index contributed by atoms with van der Waals surface area (Å²) in [5, 5.41) is 2.53. The predicted molar refractivity (Wildman–Crippen MR) is 112 cm³/mol. The Bertz CT molecular complexity index is 1000. The Kier molecular flexibility index (Phi) is 4.39. The van der Waals surface area contributed by atoms with Crippen LogP contribution in [0.25, 0.3) is 22.3 Å². The van der Waals surface area contributed by atoms with Crippen molar-refractivity contribution in [3.8, 4) is 11.3 Å². The molecule has 0 radical (unpaired) electrons. The second kappa shape index (κ2) is 7.03. The highest BCUT2D eigenvalue weighted by molar-refractivity contribution is 5.89. The highest BCUT2D eigenvalue weighted by Gasteiger charge is 2.18. The third-order valence-electron chi connectivity index (χ3n) is 6.40. The van der Waals surface area contributed by atoms with Crippen molar-refractivity contribution in [3.05, 3.63) is 47.3 Å². The highest BCUT2D eigenvalue weighted by Crippen LogP contribution is 2.34. The molecule has 5 rings (SSSR count). The van der Waals surface area contributed by atoms with Gasteiger partial charge in [-0.25, -0.2) is 4.58 Å². The Hall–Kier alpha value is -2.29. The van der Waals surface area contributed by atoms with E-state index in [1.165, 1.54) is 66.1 Å². The van der Waals surface area contributed by atoms with Crippen molar-refractivity contribution in [3.63, 3.8) is 0 Å². The first kappa shape index (κ1) is 16.9. The molecule has 1 aromatic carbocycles. The fourth-order valence-electron chi connectivity index (χ4n) is 4.77. The monoisotopic (exact) mass is 361 g/mol. The summed E-state index contributed by atoms with van der Waals surface area (Å²) in [5.41, 5.74) is 4.87. The van der Waals surface area contributed by atoms with Crippen molar-refractivity contribution < 1.29 is 4.42 Å². The smallest absolute Gasteiger partial charge is 0.203 e. The summed E-state index contributed by atoms with van der Waals surface area (Å²) in [5.74, 6) is 1.01. The van der Waals surface area contributed by atoms with Crippen LogP contribution >= 0.6 is 0 Å². The summed E-state index contributed by atoms with van der Waals surface area (Å²) in [6.45, 7) is 6.88. The molecule has 0 N–H and O–H groups in total. The lowest BCUT2D eigenvalue weighted by Crippen LogP contribution is -2.34. The Morgan fingerprint density at radius 1 is 0.852 bits per heavy atom. The molecular formula is C24H29N2O+. The van der Waals surface area contributed by atoms with E-state index in [0.717, 1.165) is 37.5 Å². The summed E-state index contributed by atoms with van der Waals surface area (Å²) in [6.07, 6.45) is 7.90. The molecule has 0 saturated carbocycles. The summed E-state index contributed by atoms with van der Waals surface area (Å²) in [7, 11) is 0. The van der Waals surface area contributed by atoms with E-state index in [1.54, 1.807) is 0 Å². The molecule has 0 spiro atoms. The molecule has 1 aromatic rings. The third kappa shape index (κ3) is 3.13. The van der Waals surface area contributed by atoms with Gasteiger partial charge >= 0.3 is 0 Å². The molecule has 0 atom stereocenters. The first-order valence-corrected chi connectivity index (χ1v) is 10.6. The number of fused-ring (bicyclic) bond motifs is 2. The fourth-order valence-corrected chi connectivity index (χ4v) is 4.77. The molecule has 3 heteroatoms. The fraction of sp³-hybridized carbons (Fsp3) is 0.458. The summed E-state index contributed by atoms with van der Waals surface area (Å²) < 4.78 is 8.94. The molecule has 140 valence electrons. The molecule has 1 aliphatic carbocycles. The lowest BCUT2D eigenvalue weighted by atomic mass is 10.00. The zero-order valence-corrected chi connectivity index (χ0v) is 16.3. The van der Waals surface area contributed by atoms with Crippen LogP contribution in [0.15, 0.2) is 40.8 Å². The average molecular weight is 362 g/mol. The standard InChI is InChI=1S/C24H29N2O/c1-18-21-10-8-19(25-12-4-2-5-13-25)16-23(21)27-24-17-20(9-11-22(18)24)26-14-6-3-7-15-26/h8-11,16-17H,2-7,12-15H2,1H3/q+1. The number of aryl methyl sites for hydroxylation is 1. The maximum absolute atomic E-state index is 6.44. The van der Waals surface area contributed by atoms with Crippen LogP contribution in [-0.4, -0.2) is 26.2 Å². The van der Waals surface area contributed by atoms with Gasteiger partial charge in [-0.05, 0) is 56.4 Å². The minimum absolute atomic E-state index is 1.01. The average Bonchev–Trinajstić information content (AvgIpc) is 2.74. The van der Waals surface area contributed by atoms with Crippen LogP contribution in [0.3, 0.4) is 0 Å². The lowest BCUT2D eigenvalue weighted by Gasteiger charge is -2.29. The van der Waals surface area contributed by atoms with Crippen LogP contribution in [0.5, 0.6) is 0 Å². The van der Waals surface area contributed by atoms with E-state index in [9.17, 15) is 0 Å². The van der Waals surface area contributed by atoms with Crippen LogP contribution in [0.1, 0.15) is 44.1 Å². The van der Waals surface area contributed by atoms with Gasteiger partial charge in [0.2, 0.25) is 5.36 Å². The molecule has 3 heterocycles. The van der Waals surface area contributed by atoms with Gasteiger partial charge in [-0.3, -0.25) is 0 Å². The zero-order valence-electron chi connectivity index (χ0n) is 16.3. The van der Waals surface area contributed by atoms with Crippen molar-refractivity contribution in [1.29, 1.82) is 0 Å². The zero-order chi connectivity index (χ0) is 18.2. The van der Waals surface area contributed by atoms with E-state index in [4.69, 9.17) is 4.42 Å². The van der Waals surface area contributed by atoms with E-state index in [-0.39, 0.29) is 0 Å².